The maximum atomic E-state index is 12.5. The monoisotopic (exact) mass is 349 g/mol. The molecule has 1 aliphatic rings. The van der Waals surface area contributed by atoms with Gasteiger partial charge in [0.2, 0.25) is 5.91 Å². The summed E-state index contributed by atoms with van der Waals surface area (Å²) in [5.41, 5.74) is 5.38. The van der Waals surface area contributed by atoms with Crippen LogP contribution in [0.3, 0.4) is 0 Å². The second-order valence-corrected chi connectivity index (χ2v) is 6.05. The van der Waals surface area contributed by atoms with Crippen molar-refractivity contribution in [1.82, 2.24) is 10.2 Å². The van der Waals surface area contributed by atoms with E-state index in [1.807, 2.05) is 17.0 Å². The zero-order valence-corrected chi connectivity index (χ0v) is 14.7. The average molecular weight is 349 g/mol. The molecule has 2 amide bonds. The highest BCUT2D eigenvalue weighted by atomic mass is 16.5. The third kappa shape index (κ3) is 5.94. The molecule has 138 valence electrons. The molecule has 1 atom stereocenters. The molecule has 0 aromatic heterocycles. The van der Waals surface area contributed by atoms with E-state index in [-0.39, 0.29) is 24.5 Å². The molecule has 1 aromatic carbocycles. The molecule has 0 saturated carbocycles. The van der Waals surface area contributed by atoms with Gasteiger partial charge in [0.25, 0.3) is 5.91 Å². The molecule has 0 aliphatic carbocycles. The fraction of sp³-hybridized carbons (Fsp3) is 0.556. The first kappa shape index (κ1) is 19.1. The fourth-order valence-corrected chi connectivity index (χ4v) is 2.91. The Hall–Kier alpha value is -2.28. The summed E-state index contributed by atoms with van der Waals surface area (Å²) in [5.74, 6) is 1.13. The van der Waals surface area contributed by atoms with Crippen LogP contribution < -0.4 is 20.5 Å². The van der Waals surface area contributed by atoms with Crippen LogP contribution in [-0.2, 0) is 9.59 Å². The van der Waals surface area contributed by atoms with E-state index in [1.54, 1.807) is 19.2 Å². The molecule has 1 saturated heterocycles. The molecule has 2 rings (SSSR count). The molecule has 7 heteroatoms. The summed E-state index contributed by atoms with van der Waals surface area (Å²) in [6, 6.07) is 7.18. The lowest BCUT2D eigenvalue weighted by Crippen LogP contribution is -2.50. The normalized spacial score (nSPS) is 17.0. The minimum Gasteiger partial charge on any atom is -0.497 e. The number of ether oxygens (including phenoxy) is 2. The van der Waals surface area contributed by atoms with Crippen LogP contribution in [0.2, 0.25) is 0 Å². The lowest BCUT2D eigenvalue weighted by molar-refractivity contribution is -0.137. The summed E-state index contributed by atoms with van der Waals surface area (Å²) in [4.78, 5) is 26.0. The van der Waals surface area contributed by atoms with Crippen molar-refractivity contribution < 1.29 is 19.1 Å². The van der Waals surface area contributed by atoms with Crippen molar-refractivity contribution in [2.45, 2.75) is 31.7 Å². The Bertz CT molecular complexity index is 579. The molecule has 1 aromatic rings. The first-order chi connectivity index (χ1) is 12.1. The van der Waals surface area contributed by atoms with E-state index in [0.29, 0.717) is 37.6 Å². The van der Waals surface area contributed by atoms with Gasteiger partial charge < -0.3 is 25.4 Å². The topological polar surface area (TPSA) is 93.9 Å². The molecule has 3 N–H and O–H groups in total. The van der Waals surface area contributed by atoms with E-state index in [2.05, 4.69) is 5.32 Å². The number of piperidine rings is 1. The van der Waals surface area contributed by atoms with Crippen LogP contribution in [0, 0.1) is 0 Å². The molecule has 0 spiro atoms. The Morgan fingerprint density at radius 3 is 2.88 bits per heavy atom. The van der Waals surface area contributed by atoms with Crippen molar-refractivity contribution in [2.75, 3.05) is 33.4 Å². The van der Waals surface area contributed by atoms with Gasteiger partial charge in [0, 0.05) is 38.2 Å². The Morgan fingerprint density at radius 2 is 2.12 bits per heavy atom. The van der Waals surface area contributed by atoms with Gasteiger partial charge in [0.1, 0.15) is 11.5 Å². The zero-order valence-electron chi connectivity index (χ0n) is 14.7. The highest BCUT2D eigenvalue weighted by Gasteiger charge is 2.27. The number of carbonyl (C=O) groups is 2. The lowest BCUT2D eigenvalue weighted by Gasteiger charge is -2.35. The number of rotatable bonds is 8. The van der Waals surface area contributed by atoms with Crippen molar-refractivity contribution in [3.8, 4) is 11.5 Å². The SMILES string of the molecule is COc1cccc(OCC(=O)N2CCCCC2CNC(=O)CCN)c1. The highest BCUT2D eigenvalue weighted by molar-refractivity contribution is 5.79. The van der Waals surface area contributed by atoms with Crippen molar-refractivity contribution in [2.24, 2.45) is 5.73 Å². The summed E-state index contributed by atoms with van der Waals surface area (Å²) in [7, 11) is 1.58. The number of nitrogens with zero attached hydrogens (tertiary/aromatic N) is 1. The van der Waals surface area contributed by atoms with E-state index >= 15 is 0 Å². The fourth-order valence-electron chi connectivity index (χ4n) is 2.91. The molecule has 1 fully saturated rings. The van der Waals surface area contributed by atoms with Crippen LogP contribution in [0.15, 0.2) is 24.3 Å². The predicted molar refractivity (Wildman–Crippen MR) is 94.5 cm³/mol. The molecule has 0 radical (unpaired) electrons. The molecule has 0 bridgehead atoms. The first-order valence-corrected chi connectivity index (χ1v) is 8.67. The Morgan fingerprint density at radius 1 is 1.32 bits per heavy atom. The maximum Gasteiger partial charge on any atom is 0.260 e. The third-order valence-electron chi connectivity index (χ3n) is 4.26. The smallest absolute Gasteiger partial charge is 0.260 e. The number of benzene rings is 1. The van der Waals surface area contributed by atoms with Gasteiger partial charge in [-0.1, -0.05) is 6.07 Å². The number of hydrogen-bond acceptors (Lipinski definition) is 5. The minimum atomic E-state index is -0.0758. The number of likely N-dealkylation sites (tertiary alicyclic amines) is 1. The quantitative estimate of drug-likeness (QED) is 0.728. The lowest BCUT2D eigenvalue weighted by atomic mass is 10.0. The van der Waals surface area contributed by atoms with Gasteiger partial charge in [-0.2, -0.15) is 0 Å². The van der Waals surface area contributed by atoms with Crippen molar-refractivity contribution >= 4 is 11.8 Å². The Balaban J connectivity index is 1.87. The van der Waals surface area contributed by atoms with Gasteiger partial charge in [-0.15, -0.1) is 0 Å². The van der Waals surface area contributed by atoms with Crippen LogP contribution in [0.5, 0.6) is 11.5 Å². The summed E-state index contributed by atoms with van der Waals surface area (Å²) in [5, 5.41) is 2.86. The van der Waals surface area contributed by atoms with Crippen LogP contribution >= 0.6 is 0 Å². The van der Waals surface area contributed by atoms with Gasteiger partial charge in [-0.25, -0.2) is 0 Å². The molecule has 7 nitrogen and oxygen atoms in total. The van der Waals surface area contributed by atoms with E-state index in [1.165, 1.54) is 0 Å². The van der Waals surface area contributed by atoms with Crippen LogP contribution in [0.1, 0.15) is 25.7 Å². The standard InChI is InChI=1S/C18H27N3O4/c1-24-15-6-4-7-16(11-15)25-13-18(23)21-10-3-2-5-14(21)12-20-17(22)8-9-19/h4,6-7,11,14H,2-3,5,8-10,12-13,19H2,1H3,(H,20,22). The summed E-state index contributed by atoms with van der Waals surface area (Å²) < 4.78 is 10.7. The van der Waals surface area contributed by atoms with Crippen molar-refractivity contribution in [1.29, 1.82) is 0 Å². The molecule has 1 unspecified atom stereocenters. The Labute approximate surface area is 148 Å². The zero-order chi connectivity index (χ0) is 18.1. The van der Waals surface area contributed by atoms with E-state index < -0.39 is 0 Å². The van der Waals surface area contributed by atoms with Gasteiger partial charge >= 0.3 is 0 Å². The van der Waals surface area contributed by atoms with Gasteiger partial charge in [0.05, 0.1) is 7.11 Å². The number of amides is 2. The number of nitrogens with two attached hydrogens (primary N) is 1. The van der Waals surface area contributed by atoms with Crippen LogP contribution in [-0.4, -0.2) is 56.1 Å². The van der Waals surface area contributed by atoms with Gasteiger partial charge in [-0.3, -0.25) is 9.59 Å². The van der Waals surface area contributed by atoms with E-state index in [0.717, 1.165) is 19.3 Å². The summed E-state index contributed by atoms with van der Waals surface area (Å²) in [6.45, 7) is 1.45. The summed E-state index contributed by atoms with van der Waals surface area (Å²) >= 11 is 0. The van der Waals surface area contributed by atoms with Gasteiger partial charge in [0.15, 0.2) is 6.61 Å². The minimum absolute atomic E-state index is 0.0110. The maximum absolute atomic E-state index is 12.5. The molecule has 25 heavy (non-hydrogen) atoms. The molecular formula is C18H27N3O4. The van der Waals surface area contributed by atoms with E-state index in [4.69, 9.17) is 15.2 Å². The molecular weight excluding hydrogens is 322 g/mol. The number of nitrogens with one attached hydrogen (secondary N) is 1. The number of carbonyl (C=O) groups excluding carboxylic acids is 2. The predicted octanol–water partition coefficient (Wildman–Crippen LogP) is 0.920. The highest BCUT2D eigenvalue weighted by Crippen LogP contribution is 2.20. The average Bonchev–Trinajstić information content (AvgIpc) is 2.65. The Kier molecular flexibility index (Phi) is 7.53. The summed E-state index contributed by atoms with van der Waals surface area (Å²) in [6.07, 6.45) is 3.21. The largest absolute Gasteiger partial charge is 0.497 e. The first-order valence-electron chi connectivity index (χ1n) is 8.67. The second-order valence-electron chi connectivity index (χ2n) is 6.05. The van der Waals surface area contributed by atoms with Crippen molar-refractivity contribution in [3.05, 3.63) is 24.3 Å². The molecule has 1 heterocycles. The van der Waals surface area contributed by atoms with Crippen LogP contribution in [0.4, 0.5) is 0 Å². The number of methoxy groups -OCH3 is 1. The van der Waals surface area contributed by atoms with Crippen LogP contribution in [0.25, 0.3) is 0 Å². The van der Waals surface area contributed by atoms with Crippen molar-refractivity contribution in [3.63, 3.8) is 0 Å². The number of hydrogen-bond donors (Lipinski definition) is 2. The second kappa shape index (κ2) is 9.88. The van der Waals surface area contributed by atoms with Gasteiger partial charge in [-0.05, 0) is 31.4 Å². The third-order valence-corrected chi connectivity index (χ3v) is 4.26. The van der Waals surface area contributed by atoms with E-state index in [9.17, 15) is 9.59 Å². The molecule has 1 aliphatic heterocycles.